The lowest BCUT2D eigenvalue weighted by atomic mass is 10.0. The number of aliphatic imine (C=N–C) groups is 1. The number of rotatable bonds is 13. The van der Waals surface area contributed by atoms with Crippen LogP contribution in [-0.4, -0.2) is 66.5 Å². The first kappa shape index (κ1) is 25.4. The number of guanidine groups is 1. The summed E-state index contributed by atoms with van der Waals surface area (Å²) in [6, 6.07) is 6.87. The molecule has 1 rings (SSSR count). The molecule has 1 aromatic rings. The van der Waals surface area contributed by atoms with Gasteiger partial charge in [-0.15, -0.1) is 0 Å². The topological polar surface area (TPSA) is 215 Å². The highest BCUT2D eigenvalue weighted by atomic mass is 16.4. The summed E-state index contributed by atoms with van der Waals surface area (Å²) >= 11 is 0. The molecule has 0 fully saturated rings. The van der Waals surface area contributed by atoms with Crippen LogP contribution >= 0.6 is 0 Å². The number of nitrogens with two attached hydrogens (primary N) is 3. The Morgan fingerprint density at radius 1 is 1.00 bits per heavy atom. The van der Waals surface area contributed by atoms with Crippen molar-refractivity contribution in [2.24, 2.45) is 22.2 Å². The number of hydrogen-bond donors (Lipinski definition) is 7. The van der Waals surface area contributed by atoms with Crippen LogP contribution in [0.15, 0.2) is 35.3 Å². The normalized spacial score (nSPS) is 12.2. The van der Waals surface area contributed by atoms with Gasteiger partial charge < -0.3 is 38.3 Å². The summed E-state index contributed by atoms with van der Waals surface area (Å²) in [5.74, 6) is -3.13. The fraction of sp³-hybridized carbons (Fsp3) is 0.421. The van der Waals surface area contributed by atoms with Crippen LogP contribution in [0.5, 0.6) is 0 Å². The second-order valence-electron chi connectivity index (χ2n) is 6.64. The molecule has 12 heteroatoms. The standard InChI is InChI=1S/C19H29N7O5/c20-10-15(27)25-13(7-4-8-23-19(21)22)18(31)26-14(17(30)24-11-16(28)29)9-12-5-2-1-3-6-12/h1-3,5-6,13-14H,4,7-11,20H2,(H,24,30)(H,25,27)(H,26,31)(H,28,29)(H4,21,22,23)/t13-,14-/m0/s1. The van der Waals surface area contributed by atoms with E-state index in [9.17, 15) is 19.2 Å². The second kappa shape index (κ2) is 13.5. The van der Waals surface area contributed by atoms with Crippen molar-refractivity contribution in [3.63, 3.8) is 0 Å². The molecule has 0 aliphatic rings. The molecule has 0 saturated heterocycles. The lowest BCUT2D eigenvalue weighted by Crippen LogP contribution is -2.55. The van der Waals surface area contributed by atoms with E-state index in [4.69, 9.17) is 22.3 Å². The van der Waals surface area contributed by atoms with Crippen molar-refractivity contribution >= 4 is 29.7 Å². The third-order valence-corrected chi connectivity index (χ3v) is 4.11. The van der Waals surface area contributed by atoms with Crippen LogP contribution in [0.3, 0.4) is 0 Å². The summed E-state index contributed by atoms with van der Waals surface area (Å²) < 4.78 is 0. The highest BCUT2D eigenvalue weighted by Gasteiger charge is 2.26. The van der Waals surface area contributed by atoms with E-state index in [1.165, 1.54) is 0 Å². The Morgan fingerprint density at radius 2 is 1.68 bits per heavy atom. The molecular weight excluding hydrogens is 406 g/mol. The van der Waals surface area contributed by atoms with Crippen LogP contribution in [0, 0.1) is 0 Å². The van der Waals surface area contributed by atoms with Gasteiger partial charge in [0.1, 0.15) is 18.6 Å². The summed E-state index contributed by atoms with van der Waals surface area (Å²) in [7, 11) is 0. The number of aliphatic carboxylic acids is 1. The van der Waals surface area contributed by atoms with E-state index in [0.717, 1.165) is 5.56 Å². The summed E-state index contributed by atoms with van der Waals surface area (Å²) in [6.07, 6.45) is 0.710. The first-order valence-electron chi connectivity index (χ1n) is 9.61. The van der Waals surface area contributed by atoms with Gasteiger partial charge in [-0.2, -0.15) is 0 Å². The molecule has 170 valence electrons. The van der Waals surface area contributed by atoms with Gasteiger partial charge in [0.2, 0.25) is 17.7 Å². The molecule has 0 bridgehead atoms. The maximum absolute atomic E-state index is 12.8. The minimum atomic E-state index is -1.22. The van der Waals surface area contributed by atoms with Crippen molar-refractivity contribution in [3.05, 3.63) is 35.9 Å². The molecule has 31 heavy (non-hydrogen) atoms. The zero-order valence-corrected chi connectivity index (χ0v) is 17.0. The molecule has 0 unspecified atom stereocenters. The van der Waals surface area contributed by atoms with Crippen molar-refractivity contribution < 1.29 is 24.3 Å². The van der Waals surface area contributed by atoms with Gasteiger partial charge in [-0.3, -0.25) is 24.2 Å². The minimum absolute atomic E-state index is 0.0926. The van der Waals surface area contributed by atoms with Gasteiger partial charge in [0, 0.05) is 13.0 Å². The molecule has 3 amide bonds. The van der Waals surface area contributed by atoms with Crippen molar-refractivity contribution in [3.8, 4) is 0 Å². The van der Waals surface area contributed by atoms with Crippen LogP contribution < -0.4 is 33.2 Å². The Balaban J connectivity index is 2.91. The summed E-state index contributed by atoms with van der Waals surface area (Å²) in [6.45, 7) is -0.660. The van der Waals surface area contributed by atoms with Crippen molar-refractivity contribution in [1.29, 1.82) is 0 Å². The number of carbonyl (C=O) groups excluding carboxylic acids is 3. The molecule has 12 nitrogen and oxygen atoms in total. The SMILES string of the molecule is NCC(=O)N[C@@H](CCCN=C(N)N)C(=O)N[C@@H](Cc1ccccc1)C(=O)NCC(=O)O. The number of carboxylic acids is 1. The number of benzene rings is 1. The fourth-order valence-corrected chi connectivity index (χ4v) is 2.64. The smallest absolute Gasteiger partial charge is 0.322 e. The van der Waals surface area contributed by atoms with Gasteiger partial charge >= 0.3 is 5.97 Å². The lowest BCUT2D eigenvalue weighted by molar-refractivity contribution is -0.138. The van der Waals surface area contributed by atoms with Gasteiger partial charge in [0.05, 0.1) is 6.54 Å². The van der Waals surface area contributed by atoms with E-state index in [2.05, 4.69) is 20.9 Å². The Kier molecular flexibility index (Phi) is 11.1. The zero-order valence-electron chi connectivity index (χ0n) is 17.0. The highest BCUT2D eigenvalue weighted by Crippen LogP contribution is 2.06. The molecular formula is C19H29N7O5. The largest absolute Gasteiger partial charge is 0.480 e. The monoisotopic (exact) mass is 435 g/mol. The molecule has 0 aliphatic heterocycles. The number of carbonyl (C=O) groups is 4. The Morgan fingerprint density at radius 3 is 2.26 bits per heavy atom. The van der Waals surface area contributed by atoms with Crippen LogP contribution in [-0.2, 0) is 25.6 Å². The van der Waals surface area contributed by atoms with Crippen molar-refractivity contribution in [1.82, 2.24) is 16.0 Å². The zero-order chi connectivity index (χ0) is 23.2. The number of nitrogens with one attached hydrogen (secondary N) is 3. The predicted octanol–water partition coefficient (Wildman–Crippen LogP) is -2.59. The van der Waals surface area contributed by atoms with E-state index < -0.39 is 42.3 Å². The molecule has 2 atom stereocenters. The highest BCUT2D eigenvalue weighted by molar-refractivity contribution is 5.93. The van der Waals surface area contributed by atoms with Crippen molar-refractivity contribution in [2.75, 3.05) is 19.6 Å². The molecule has 0 radical (unpaired) electrons. The predicted molar refractivity (Wildman–Crippen MR) is 114 cm³/mol. The first-order valence-corrected chi connectivity index (χ1v) is 9.61. The number of amides is 3. The quantitative estimate of drug-likeness (QED) is 0.0988. The van der Waals surface area contributed by atoms with Gasteiger partial charge in [0.15, 0.2) is 5.96 Å². The second-order valence-corrected chi connectivity index (χ2v) is 6.64. The molecule has 0 saturated carbocycles. The van der Waals surface area contributed by atoms with Crippen LogP contribution in [0.25, 0.3) is 0 Å². The molecule has 0 aliphatic carbocycles. The average molecular weight is 435 g/mol. The van der Waals surface area contributed by atoms with E-state index in [0.29, 0.717) is 6.42 Å². The van der Waals surface area contributed by atoms with E-state index in [1.807, 2.05) is 0 Å². The fourth-order valence-electron chi connectivity index (χ4n) is 2.64. The van der Waals surface area contributed by atoms with Crippen LogP contribution in [0.1, 0.15) is 18.4 Å². The molecule has 10 N–H and O–H groups in total. The van der Waals surface area contributed by atoms with Gasteiger partial charge in [-0.25, -0.2) is 0 Å². The maximum Gasteiger partial charge on any atom is 0.322 e. The van der Waals surface area contributed by atoms with Crippen LogP contribution in [0.2, 0.25) is 0 Å². The average Bonchev–Trinajstić information content (AvgIpc) is 2.73. The Labute approximate surface area is 179 Å². The van der Waals surface area contributed by atoms with E-state index in [-0.39, 0.29) is 31.9 Å². The minimum Gasteiger partial charge on any atom is -0.480 e. The van der Waals surface area contributed by atoms with Gasteiger partial charge in [0.25, 0.3) is 0 Å². The first-order chi connectivity index (χ1) is 14.7. The van der Waals surface area contributed by atoms with E-state index in [1.54, 1.807) is 30.3 Å². The molecule has 0 spiro atoms. The third-order valence-electron chi connectivity index (χ3n) is 4.11. The molecule has 0 aromatic heterocycles. The molecule has 0 heterocycles. The third kappa shape index (κ3) is 10.6. The summed E-state index contributed by atoms with van der Waals surface area (Å²) in [5.41, 5.74) is 16.6. The number of hydrogen-bond acceptors (Lipinski definition) is 6. The lowest BCUT2D eigenvalue weighted by Gasteiger charge is -2.23. The van der Waals surface area contributed by atoms with Gasteiger partial charge in [-0.05, 0) is 18.4 Å². The molecule has 1 aromatic carbocycles. The van der Waals surface area contributed by atoms with Crippen molar-refractivity contribution in [2.45, 2.75) is 31.3 Å². The Hall–Kier alpha value is -3.67. The summed E-state index contributed by atoms with van der Waals surface area (Å²) in [5, 5.41) is 16.1. The van der Waals surface area contributed by atoms with Crippen LogP contribution in [0.4, 0.5) is 0 Å². The summed E-state index contributed by atoms with van der Waals surface area (Å²) in [4.78, 5) is 51.6. The number of nitrogens with zero attached hydrogens (tertiary/aromatic N) is 1. The van der Waals surface area contributed by atoms with E-state index >= 15 is 0 Å². The Bertz CT molecular complexity index is 781. The maximum atomic E-state index is 12.8. The van der Waals surface area contributed by atoms with Gasteiger partial charge in [-0.1, -0.05) is 30.3 Å². The number of carboxylic acid groups (broad SMARTS) is 1.